The number of ether oxygens (including phenoxy) is 1. The second-order valence-corrected chi connectivity index (χ2v) is 10.1. The Hall–Kier alpha value is -2.52. The van der Waals surface area contributed by atoms with Crippen LogP contribution in [0.1, 0.15) is 0 Å². The van der Waals surface area contributed by atoms with Gasteiger partial charge in [-0.15, -0.1) is 0 Å². The molecular formula is C22H21ClN2O4S2. The molecule has 0 aliphatic heterocycles. The fourth-order valence-corrected chi connectivity index (χ4v) is 5.14. The number of hydrogen-bond donors (Lipinski definition) is 1. The van der Waals surface area contributed by atoms with Crippen molar-refractivity contribution in [2.24, 2.45) is 0 Å². The quantitative estimate of drug-likeness (QED) is 0.507. The van der Waals surface area contributed by atoms with E-state index in [1.54, 1.807) is 6.07 Å². The molecule has 0 heterocycles. The summed E-state index contributed by atoms with van der Waals surface area (Å²) in [6, 6.07) is 21.3. The predicted octanol–water partition coefficient (Wildman–Crippen LogP) is 4.76. The van der Waals surface area contributed by atoms with E-state index in [1.807, 2.05) is 48.5 Å². The van der Waals surface area contributed by atoms with Crippen LogP contribution >= 0.6 is 23.4 Å². The third kappa shape index (κ3) is 5.80. The van der Waals surface area contributed by atoms with Gasteiger partial charge in [-0.2, -0.15) is 4.31 Å². The minimum Gasteiger partial charge on any atom is -0.495 e. The van der Waals surface area contributed by atoms with Gasteiger partial charge in [-0.3, -0.25) is 4.79 Å². The van der Waals surface area contributed by atoms with Crippen molar-refractivity contribution in [3.63, 3.8) is 0 Å². The van der Waals surface area contributed by atoms with Crippen molar-refractivity contribution in [1.29, 1.82) is 0 Å². The zero-order valence-corrected chi connectivity index (χ0v) is 19.3. The van der Waals surface area contributed by atoms with E-state index in [1.165, 1.54) is 44.1 Å². The summed E-state index contributed by atoms with van der Waals surface area (Å²) in [7, 11) is -1.12. The second kappa shape index (κ2) is 10.2. The van der Waals surface area contributed by atoms with Gasteiger partial charge in [0.05, 0.1) is 29.3 Å². The summed E-state index contributed by atoms with van der Waals surface area (Å²) >= 11 is 7.56. The smallest absolute Gasteiger partial charge is 0.243 e. The maximum absolute atomic E-state index is 12.8. The van der Waals surface area contributed by atoms with Crippen molar-refractivity contribution >= 4 is 45.0 Å². The van der Waals surface area contributed by atoms with Crippen molar-refractivity contribution in [3.8, 4) is 5.75 Å². The highest BCUT2D eigenvalue weighted by Crippen LogP contribution is 2.33. The Morgan fingerprint density at radius 2 is 1.74 bits per heavy atom. The first-order valence-corrected chi connectivity index (χ1v) is 11.9. The number of hydrogen-bond acceptors (Lipinski definition) is 5. The number of carbonyl (C=O) groups is 1. The molecule has 3 aromatic rings. The largest absolute Gasteiger partial charge is 0.495 e. The number of nitrogens with zero attached hydrogens (tertiary/aromatic N) is 1. The Labute approximate surface area is 191 Å². The molecule has 0 radical (unpaired) electrons. The van der Waals surface area contributed by atoms with Crippen molar-refractivity contribution < 1.29 is 17.9 Å². The maximum Gasteiger partial charge on any atom is 0.243 e. The molecule has 6 nitrogen and oxygen atoms in total. The molecule has 0 fully saturated rings. The van der Waals surface area contributed by atoms with Crippen LogP contribution in [-0.2, 0) is 14.8 Å². The lowest BCUT2D eigenvalue weighted by molar-refractivity contribution is -0.116. The highest BCUT2D eigenvalue weighted by molar-refractivity contribution is 7.99. The highest BCUT2D eigenvalue weighted by atomic mass is 35.5. The van der Waals surface area contributed by atoms with Gasteiger partial charge in [0.15, 0.2) is 0 Å². The van der Waals surface area contributed by atoms with Gasteiger partial charge in [0.2, 0.25) is 15.9 Å². The third-order valence-corrected chi connectivity index (χ3v) is 7.51. The zero-order valence-electron chi connectivity index (χ0n) is 16.9. The number of rotatable bonds is 8. The molecule has 3 aromatic carbocycles. The van der Waals surface area contributed by atoms with Crippen LogP contribution < -0.4 is 10.1 Å². The number of benzene rings is 3. The number of amides is 1. The third-order valence-electron chi connectivity index (χ3n) is 4.33. The van der Waals surface area contributed by atoms with Gasteiger partial charge in [0.1, 0.15) is 5.75 Å². The van der Waals surface area contributed by atoms with Crippen molar-refractivity contribution in [3.05, 3.63) is 77.8 Å². The minimum atomic E-state index is -3.91. The second-order valence-electron chi connectivity index (χ2n) is 6.52. The van der Waals surface area contributed by atoms with E-state index < -0.39 is 15.9 Å². The molecule has 0 saturated heterocycles. The molecule has 0 unspecified atom stereocenters. The van der Waals surface area contributed by atoms with Crippen molar-refractivity contribution in [1.82, 2.24) is 4.31 Å². The van der Waals surface area contributed by atoms with Crippen LogP contribution in [0.25, 0.3) is 0 Å². The van der Waals surface area contributed by atoms with Crippen LogP contribution in [0.15, 0.2) is 87.5 Å². The number of nitrogens with one attached hydrogen (secondary N) is 1. The molecule has 0 bridgehead atoms. The van der Waals surface area contributed by atoms with E-state index in [2.05, 4.69) is 5.32 Å². The van der Waals surface area contributed by atoms with Crippen molar-refractivity contribution in [2.75, 3.05) is 26.0 Å². The summed E-state index contributed by atoms with van der Waals surface area (Å²) < 4.78 is 31.7. The summed E-state index contributed by atoms with van der Waals surface area (Å²) in [4.78, 5) is 14.5. The normalized spacial score (nSPS) is 11.4. The average molecular weight is 477 g/mol. The Kier molecular flexibility index (Phi) is 7.61. The summed E-state index contributed by atoms with van der Waals surface area (Å²) in [5, 5.41) is 2.98. The lowest BCUT2D eigenvalue weighted by Crippen LogP contribution is -2.35. The maximum atomic E-state index is 12.8. The fraction of sp³-hybridized carbons (Fsp3) is 0.136. The Morgan fingerprint density at radius 3 is 2.42 bits per heavy atom. The molecule has 1 N–H and O–H groups in total. The van der Waals surface area contributed by atoms with E-state index in [4.69, 9.17) is 16.3 Å². The predicted molar refractivity (Wildman–Crippen MR) is 123 cm³/mol. The number of anilines is 1. The molecule has 0 aliphatic carbocycles. The number of methoxy groups -OCH3 is 1. The van der Waals surface area contributed by atoms with Crippen LogP contribution in [0.4, 0.5) is 5.69 Å². The molecule has 162 valence electrons. The number of halogens is 1. The fourth-order valence-electron chi connectivity index (χ4n) is 2.74. The molecular weight excluding hydrogens is 456 g/mol. The van der Waals surface area contributed by atoms with Crippen LogP contribution in [0.3, 0.4) is 0 Å². The first-order chi connectivity index (χ1) is 14.8. The Balaban J connectivity index is 1.71. The summed E-state index contributed by atoms with van der Waals surface area (Å²) in [5.74, 6) is -0.0830. The summed E-state index contributed by atoms with van der Waals surface area (Å²) in [6.07, 6.45) is 0. The molecule has 1 amide bonds. The monoisotopic (exact) mass is 476 g/mol. The topological polar surface area (TPSA) is 75.7 Å². The number of carbonyl (C=O) groups excluding carboxylic acids is 1. The summed E-state index contributed by atoms with van der Waals surface area (Å²) in [6.45, 7) is -0.351. The lowest BCUT2D eigenvalue weighted by Gasteiger charge is -2.18. The molecule has 9 heteroatoms. The SMILES string of the molecule is COc1ccc(S(=O)(=O)N(C)CC(=O)Nc2ccccc2Sc2ccccc2)cc1Cl. The molecule has 3 rings (SSSR count). The standard InChI is InChI=1S/C22H21ClN2O4S2/c1-25(31(27,28)17-12-13-20(29-2)18(23)14-17)15-22(26)24-19-10-6-7-11-21(19)30-16-8-4-3-5-9-16/h3-14H,15H2,1-2H3,(H,24,26). The van der Waals surface area contributed by atoms with Gasteiger partial charge < -0.3 is 10.1 Å². The number of para-hydroxylation sites is 1. The molecule has 0 saturated carbocycles. The first kappa shape index (κ1) is 23.1. The summed E-state index contributed by atoms with van der Waals surface area (Å²) in [5.41, 5.74) is 0.611. The van der Waals surface area contributed by atoms with E-state index in [0.29, 0.717) is 11.4 Å². The van der Waals surface area contributed by atoms with Crippen LogP contribution in [-0.4, -0.2) is 39.3 Å². The van der Waals surface area contributed by atoms with Crippen LogP contribution in [0.2, 0.25) is 5.02 Å². The molecule has 0 aliphatic rings. The Bertz CT molecular complexity index is 1170. The molecule has 0 atom stereocenters. The van der Waals surface area contributed by atoms with Gasteiger partial charge in [-0.1, -0.05) is 53.7 Å². The Morgan fingerprint density at radius 1 is 1.06 bits per heavy atom. The van der Waals surface area contributed by atoms with Gasteiger partial charge in [-0.25, -0.2) is 8.42 Å². The van der Waals surface area contributed by atoms with Gasteiger partial charge in [0, 0.05) is 16.8 Å². The van der Waals surface area contributed by atoms with Crippen molar-refractivity contribution in [2.45, 2.75) is 14.7 Å². The zero-order chi connectivity index (χ0) is 22.4. The molecule has 31 heavy (non-hydrogen) atoms. The van der Waals surface area contributed by atoms with Gasteiger partial charge in [-0.05, 0) is 42.5 Å². The lowest BCUT2D eigenvalue weighted by atomic mass is 10.3. The average Bonchev–Trinajstić information content (AvgIpc) is 2.75. The first-order valence-electron chi connectivity index (χ1n) is 9.23. The number of likely N-dealkylation sites (N-methyl/N-ethyl adjacent to an activating group) is 1. The molecule has 0 spiro atoms. The van der Waals surface area contributed by atoms with E-state index in [0.717, 1.165) is 14.1 Å². The van der Waals surface area contributed by atoms with E-state index in [-0.39, 0.29) is 16.5 Å². The van der Waals surface area contributed by atoms with E-state index in [9.17, 15) is 13.2 Å². The number of sulfonamides is 1. The van der Waals surface area contributed by atoms with Gasteiger partial charge in [0.25, 0.3) is 0 Å². The van der Waals surface area contributed by atoms with E-state index >= 15 is 0 Å². The van der Waals surface area contributed by atoms with Crippen LogP contribution in [0.5, 0.6) is 5.75 Å². The van der Waals surface area contributed by atoms with Crippen LogP contribution in [0, 0.1) is 0 Å². The molecule has 0 aromatic heterocycles. The highest BCUT2D eigenvalue weighted by Gasteiger charge is 2.24. The van der Waals surface area contributed by atoms with Gasteiger partial charge >= 0.3 is 0 Å². The minimum absolute atomic E-state index is 0.0198.